The minimum atomic E-state index is 0.473. The van der Waals surface area contributed by atoms with E-state index in [1.54, 1.807) is 0 Å². The molecule has 1 aromatic carbocycles. The Morgan fingerprint density at radius 3 is 2.60 bits per heavy atom. The Morgan fingerprint density at radius 1 is 1.35 bits per heavy atom. The highest BCUT2D eigenvalue weighted by molar-refractivity contribution is 5.17. The van der Waals surface area contributed by atoms with Crippen LogP contribution in [0.25, 0.3) is 0 Å². The van der Waals surface area contributed by atoms with E-state index < -0.39 is 0 Å². The molecule has 1 fully saturated rings. The fraction of sp³-hybridized carbons (Fsp3) is 0.444. The Labute approximate surface area is 122 Å². The van der Waals surface area contributed by atoms with Gasteiger partial charge in [-0.05, 0) is 36.4 Å². The summed E-state index contributed by atoms with van der Waals surface area (Å²) in [5.74, 6) is 1.15. The lowest BCUT2D eigenvalue weighted by Gasteiger charge is -2.34. The van der Waals surface area contributed by atoms with Gasteiger partial charge in [-0.25, -0.2) is 0 Å². The smallest absolute Gasteiger partial charge is 0.0472 e. The van der Waals surface area contributed by atoms with Crippen molar-refractivity contribution in [2.24, 2.45) is 11.8 Å². The van der Waals surface area contributed by atoms with Crippen LogP contribution in [0, 0.1) is 11.8 Å². The van der Waals surface area contributed by atoms with Crippen LogP contribution in [0.3, 0.4) is 0 Å². The Morgan fingerprint density at radius 2 is 2.00 bits per heavy atom. The molecule has 0 aromatic heterocycles. The van der Waals surface area contributed by atoms with E-state index in [-0.39, 0.29) is 0 Å². The number of nitrogens with zero attached hydrogens (tertiary/aromatic N) is 1. The molecule has 2 rings (SSSR count). The first-order chi connectivity index (χ1) is 9.72. The zero-order valence-corrected chi connectivity index (χ0v) is 12.4. The molecule has 0 N–H and O–H groups in total. The summed E-state index contributed by atoms with van der Waals surface area (Å²) in [6.45, 7) is 13.1. The van der Waals surface area contributed by atoms with E-state index >= 15 is 0 Å². The molecule has 1 saturated heterocycles. The van der Waals surface area contributed by atoms with Gasteiger partial charge in [0.15, 0.2) is 0 Å². The monoisotopic (exact) mass is 271 g/mol. The molecule has 1 aromatic rings. The lowest BCUT2D eigenvalue weighted by Crippen LogP contribution is -2.28. The Hall–Kier alpha value is -1.54. The highest BCUT2D eigenvalue weighted by atomic mass is 16.5. The quantitative estimate of drug-likeness (QED) is 0.768. The van der Waals surface area contributed by atoms with E-state index in [4.69, 9.17) is 4.74 Å². The van der Waals surface area contributed by atoms with Gasteiger partial charge in [-0.15, -0.1) is 0 Å². The number of benzene rings is 1. The fourth-order valence-corrected chi connectivity index (χ4v) is 2.81. The largest absolute Gasteiger partial charge is 0.381 e. The van der Waals surface area contributed by atoms with E-state index in [1.807, 2.05) is 12.3 Å². The van der Waals surface area contributed by atoms with Crippen LogP contribution in [-0.2, 0) is 11.3 Å². The van der Waals surface area contributed by atoms with Crippen LogP contribution >= 0.6 is 0 Å². The topological polar surface area (TPSA) is 12.5 Å². The van der Waals surface area contributed by atoms with Gasteiger partial charge in [-0.3, -0.25) is 0 Å². The minimum Gasteiger partial charge on any atom is -0.381 e. The lowest BCUT2D eigenvalue weighted by molar-refractivity contribution is 0.0515. The zero-order chi connectivity index (χ0) is 14.4. The summed E-state index contributed by atoms with van der Waals surface area (Å²) in [4.78, 5) is 2.18. The molecule has 0 spiro atoms. The van der Waals surface area contributed by atoms with Crippen molar-refractivity contribution in [2.75, 3.05) is 13.2 Å². The molecule has 20 heavy (non-hydrogen) atoms. The Kier molecular flexibility index (Phi) is 5.42. The van der Waals surface area contributed by atoms with Crippen LogP contribution in [0.1, 0.15) is 25.3 Å². The van der Waals surface area contributed by atoms with E-state index in [0.29, 0.717) is 11.8 Å². The molecular weight excluding hydrogens is 246 g/mol. The van der Waals surface area contributed by atoms with Gasteiger partial charge in [0.25, 0.3) is 0 Å². The van der Waals surface area contributed by atoms with Gasteiger partial charge in [0.05, 0.1) is 0 Å². The summed E-state index contributed by atoms with van der Waals surface area (Å²) in [5, 5.41) is 0. The molecule has 1 unspecified atom stereocenters. The number of rotatable bonds is 6. The van der Waals surface area contributed by atoms with Crippen molar-refractivity contribution in [1.82, 2.24) is 4.90 Å². The fourth-order valence-electron chi connectivity index (χ4n) is 2.81. The molecular formula is C18H25NO. The van der Waals surface area contributed by atoms with Crippen LogP contribution in [0.5, 0.6) is 0 Å². The molecule has 2 nitrogen and oxygen atoms in total. The first kappa shape index (κ1) is 14.9. The van der Waals surface area contributed by atoms with Crippen molar-refractivity contribution in [3.8, 4) is 0 Å². The van der Waals surface area contributed by atoms with E-state index in [9.17, 15) is 0 Å². The minimum absolute atomic E-state index is 0.473. The molecule has 1 aliphatic heterocycles. The average Bonchev–Trinajstić information content (AvgIpc) is 2.53. The molecule has 0 aliphatic carbocycles. The summed E-state index contributed by atoms with van der Waals surface area (Å²) >= 11 is 0. The highest BCUT2D eigenvalue weighted by Crippen LogP contribution is 2.30. The van der Waals surface area contributed by atoms with Gasteiger partial charge in [-0.2, -0.15) is 0 Å². The molecule has 108 valence electrons. The average molecular weight is 271 g/mol. The van der Waals surface area contributed by atoms with Gasteiger partial charge in [0.1, 0.15) is 0 Å². The first-order valence-electron chi connectivity index (χ1n) is 7.42. The molecule has 1 atom stereocenters. The molecule has 2 heteroatoms. The van der Waals surface area contributed by atoms with Crippen LogP contribution in [0.2, 0.25) is 0 Å². The van der Waals surface area contributed by atoms with E-state index in [2.05, 4.69) is 49.2 Å². The maximum atomic E-state index is 5.45. The number of allylic oxidation sites excluding steroid dienone is 1. The molecule has 0 saturated carbocycles. The SMILES string of the molecule is C=CN(Cc1ccccc1)C(=C)C(C)C1CCOCC1. The number of hydrogen-bond donors (Lipinski definition) is 0. The number of ether oxygens (including phenoxy) is 1. The summed E-state index contributed by atoms with van der Waals surface area (Å²) in [5.41, 5.74) is 2.45. The van der Waals surface area contributed by atoms with Crippen molar-refractivity contribution in [2.45, 2.75) is 26.3 Å². The Balaban J connectivity index is 1.99. The van der Waals surface area contributed by atoms with Crippen molar-refractivity contribution in [3.05, 3.63) is 61.0 Å². The van der Waals surface area contributed by atoms with Crippen molar-refractivity contribution < 1.29 is 4.74 Å². The summed E-state index contributed by atoms with van der Waals surface area (Å²) in [7, 11) is 0. The first-order valence-corrected chi connectivity index (χ1v) is 7.42. The van der Waals surface area contributed by atoms with E-state index in [0.717, 1.165) is 38.3 Å². The third-order valence-corrected chi connectivity index (χ3v) is 4.28. The number of hydrogen-bond acceptors (Lipinski definition) is 2. The van der Waals surface area contributed by atoms with Crippen LogP contribution in [0.15, 0.2) is 55.4 Å². The van der Waals surface area contributed by atoms with Gasteiger partial charge in [0.2, 0.25) is 0 Å². The summed E-state index contributed by atoms with van der Waals surface area (Å²) in [6.07, 6.45) is 4.16. The predicted molar refractivity (Wildman–Crippen MR) is 84.0 cm³/mol. The molecule has 1 heterocycles. The maximum Gasteiger partial charge on any atom is 0.0472 e. The molecule has 0 amide bonds. The van der Waals surface area contributed by atoms with Crippen LogP contribution in [-0.4, -0.2) is 18.1 Å². The van der Waals surface area contributed by atoms with Crippen molar-refractivity contribution >= 4 is 0 Å². The standard InChI is InChI=1S/C18H25NO/c1-4-19(14-17-8-6-5-7-9-17)16(3)15(2)18-10-12-20-13-11-18/h4-9,15,18H,1,3,10-14H2,2H3. The zero-order valence-electron chi connectivity index (χ0n) is 12.4. The second-order valence-electron chi connectivity index (χ2n) is 5.53. The van der Waals surface area contributed by atoms with Crippen LogP contribution < -0.4 is 0 Å². The van der Waals surface area contributed by atoms with Crippen molar-refractivity contribution in [1.29, 1.82) is 0 Å². The third kappa shape index (κ3) is 3.73. The molecule has 0 bridgehead atoms. The lowest BCUT2D eigenvalue weighted by atomic mass is 9.85. The van der Waals surface area contributed by atoms with Gasteiger partial charge < -0.3 is 9.64 Å². The molecule has 0 radical (unpaired) electrons. The summed E-state index contributed by atoms with van der Waals surface area (Å²) in [6, 6.07) is 10.5. The van der Waals surface area contributed by atoms with Crippen molar-refractivity contribution in [3.63, 3.8) is 0 Å². The Bertz CT molecular complexity index is 434. The normalized spacial score (nSPS) is 17.4. The van der Waals surface area contributed by atoms with Gasteiger partial charge in [-0.1, -0.05) is 50.4 Å². The third-order valence-electron chi connectivity index (χ3n) is 4.28. The second kappa shape index (κ2) is 7.30. The second-order valence-corrected chi connectivity index (χ2v) is 5.53. The molecule has 1 aliphatic rings. The highest BCUT2D eigenvalue weighted by Gasteiger charge is 2.24. The van der Waals surface area contributed by atoms with E-state index in [1.165, 1.54) is 5.56 Å². The summed E-state index contributed by atoms with van der Waals surface area (Å²) < 4.78 is 5.45. The van der Waals surface area contributed by atoms with Gasteiger partial charge >= 0.3 is 0 Å². The van der Waals surface area contributed by atoms with Crippen LogP contribution in [0.4, 0.5) is 0 Å². The maximum absolute atomic E-state index is 5.45. The van der Waals surface area contributed by atoms with Gasteiger partial charge in [0, 0.05) is 25.5 Å². The predicted octanol–water partition coefficient (Wildman–Crippen LogP) is 4.21.